The highest BCUT2D eigenvalue weighted by molar-refractivity contribution is 7.93. The summed E-state index contributed by atoms with van der Waals surface area (Å²) < 4.78 is 40.2. The van der Waals surface area contributed by atoms with Gasteiger partial charge in [-0.15, -0.1) is 0 Å². The lowest BCUT2D eigenvalue weighted by Crippen LogP contribution is -2.37. The van der Waals surface area contributed by atoms with E-state index in [4.69, 9.17) is 0 Å². The maximum Gasteiger partial charge on any atom is 0.272 e. The molecule has 4 nitrogen and oxygen atoms in total. The molecular formula is C20H16FNO3S. The number of amides is 1. The van der Waals surface area contributed by atoms with Crippen molar-refractivity contribution in [2.24, 2.45) is 0 Å². The number of para-hydroxylation sites is 1. The first-order valence-electron chi connectivity index (χ1n) is 7.86. The molecule has 0 aliphatic carbocycles. The van der Waals surface area contributed by atoms with Crippen LogP contribution in [0.25, 0.3) is 0 Å². The van der Waals surface area contributed by atoms with E-state index in [0.29, 0.717) is 0 Å². The predicted octanol–water partition coefficient (Wildman–Crippen LogP) is 4.17. The molecule has 0 aliphatic rings. The maximum absolute atomic E-state index is 13.2. The van der Waals surface area contributed by atoms with Crippen molar-refractivity contribution in [3.05, 3.63) is 95.8 Å². The molecule has 0 radical (unpaired) electrons. The highest BCUT2D eigenvalue weighted by atomic mass is 32.2. The summed E-state index contributed by atoms with van der Waals surface area (Å²) in [4.78, 5) is 13.0. The van der Waals surface area contributed by atoms with Gasteiger partial charge in [0.2, 0.25) is 0 Å². The first-order valence-corrected chi connectivity index (χ1v) is 9.30. The Labute approximate surface area is 151 Å². The topological polar surface area (TPSA) is 54.5 Å². The number of sulfonamides is 1. The third kappa shape index (κ3) is 3.50. The van der Waals surface area contributed by atoms with Crippen LogP contribution in [0.5, 0.6) is 0 Å². The number of benzene rings is 3. The molecule has 6 heteroatoms. The van der Waals surface area contributed by atoms with E-state index in [2.05, 4.69) is 0 Å². The molecule has 0 spiro atoms. The molecule has 3 rings (SSSR count). The zero-order valence-corrected chi connectivity index (χ0v) is 14.8. The summed E-state index contributed by atoms with van der Waals surface area (Å²) in [6.45, 7) is 1.84. The van der Waals surface area contributed by atoms with E-state index in [1.807, 2.05) is 6.92 Å². The van der Waals surface area contributed by atoms with Crippen LogP contribution in [0, 0.1) is 12.7 Å². The SMILES string of the molecule is Cc1ccc(S(=O)(=O)N(C(=O)c2ccc(F)cc2)c2ccccc2)cc1. The van der Waals surface area contributed by atoms with Gasteiger partial charge in [-0.3, -0.25) is 4.79 Å². The molecule has 0 unspecified atom stereocenters. The average molecular weight is 369 g/mol. The minimum absolute atomic E-state index is 0.00224. The molecule has 132 valence electrons. The lowest BCUT2D eigenvalue weighted by atomic mass is 10.2. The molecule has 0 saturated heterocycles. The maximum atomic E-state index is 13.2. The van der Waals surface area contributed by atoms with Crippen LogP contribution >= 0.6 is 0 Å². The fraction of sp³-hybridized carbons (Fsp3) is 0.0500. The molecule has 0 saturated carbocycles. The Balaban J connectivity index is 2.14. The van der Waals surface area contributed by atoms with Crippen LogP contribution in [-0.2, 0) is 10.0 Å². The number of hydrogen-bond donors (Lipinski definition) is 0. The lowest BCUT2D eigenvalue weighted by Gasteiger charge is -2.23. The minimum Gasteiger partial charge on any atom is -0.268 e. The van der Waals surface area contributed by atoms with Crippen LogP contribution in [-0.4, -0.2) is 14.3 Å². The Morgan fingerprint density at radius 2 is 1.42 bits per heavy atom. The zero-order valence-electron chi connectivity index (χ0n) is 14.0. The van der Waals surface area contributed by atoms with E-state index in [1.165, 1.54) is 36.4 Å². The highest BCUT2D eigenvalue weighted by Crippen LogP contribution is 2.26. The predicted molar refractivity (Wildman–Crippen MR) is 98.0 cm³/mol. The van der Waals surface area contributed by atoms with Crippen molar-refractivity contribution >= 4 is 21.6 Å². The summed E-state index contributed by atoms with van der Waals surface area (Å²) in [5.41, 5.74) is 1.19. The summed E-state index contributed by atoms with van der Waals surface area (Å²) in [7, 11) is -4.14. The number of hydrogen-bond acceptors (Lipinski definition) is 3. The van der Waals surface area contributed by atoms with Crippen LogP contribution in [0.1, 0.15) is 15.9 Å². The second kappa shape index (κ2) is 7.09. The Hall–Kier alpha value is -2.99. The van der Waals surface area contributed by atoms with Gasteiger partial charge in [0.05, 0.1) is 10.6 Å². The largest absolute Gasteiger partial charge is 0.272 e. The normalized spacial score (nSPS) is 11.2. The molecule has 0 heterocycles. The summed E-state index contributed by atoms with van der Waals surface area (Å²) in [5.74, 6) is -1.26. The standard InChI is InChI=1S/C20H16FNO3S/c1-15-7-13-19(14-8-15)26(24,25)22(18-5-3-2-4-6-18)20(23)16-9-11-17(21)12-10-16/h2-14H,1H3. The first kappa shape index (κ1) is 17.8. The fourth-order valence-electron chi connectivity index (χ4n) is 2.45. The Morgan fingerprint density at radius 1 is 0.846 bits per heavy atom. The third-order valence-corrected chi connectivity index (χ3v) is 5.55. The van der Waals surface area contributed by atoms with Crippen molar-refractivity contribution in [3.8, 4) is 0 Å². The molecule has 0 aromatic heterocycles. The number of aryl methyl sites for hydroxylation is 1. The lowest BCUT2D eigenvalue weighted by molar-refractivity contribution is 0.101. The van der Waals surface area contributed by atoms with Crippen LogP contribution < -0.4 is 4.31 Å². The summed E-state index contributed by atoms with van der Waals surface area (Å²) in [6.07, 6.45) is 0. The Bertz CT molecular complexity index is 1010. The van der Waals surface area contributed by atoms with Crippen molar-refractivity contribution < 1.29 is 17.6 Å². The summed E-state index contributed by atoms with van der Waals surface area (Å²) >= 11 is 0. The highest BCUT2D eigenvalue weighted by Gasteiger charge is 2.31. The smallest absolute Gasteiger partial charge is 0.268 e. The summed E-state index contributed by atoms with van der Waals surface area (Å²) in [5, 5.41) is 0. The van der Waals surface area contributed by atoms with Crippen LogP contribution in [0.15, 0.2) is 83.8 Å². The van der Waals surface area contributed by atoms with Crippen LogP contribution in [0.4, 0.5) is 10.1 Å². The molecular weight excluding hydrogens is 353 g/mol. The van der Waals surface area contributed by atoms with E-state index in [-0.39, 0.29) is 16.1 Å². The van der Waals surface area contributed by atoms with Gasteiger partial charge < -0.3 is 0 Å². The Kier molecular flexibility index (Phi) is 4.86. The van der Waals surface area contributed by atoms with Gasteiger partial charge in [0, 0.05) is 5.56 Å². The van der Waals surface area contributed by atoms with Gasteiger partial charge in [-0.05, 0) is 55.5 Å². The van der Waals surface area contributed by atoms with Gasteiger partial charge >= 0.3 is 0 Å². The second-order valence-electron chi connectivity index (χ2n) is 5.73. The second-order valence-corrected chi connectivity index (χ2v) is 7.52. The van der Waals surface area contributed by atoms with E-state index in [0.717, 1.165) is 22.0 Å². The first-order chi connectivity index (χ1) is 12.4. The average Bonchev–Trinajstić information content (AvgIpc) is 2.63. The number of anilines is 1. The van der Waals surface area contributed by atoms with E-state index >= 15 is 0 Å². The molecule has 0 aliphatic heterocycles. The van der Waals surface area contributed by atoms with Crippen molar-refractivity contribution in [1.82, 2.24) is 0 Å². The fourth-order valence-corrected chi connectivity index (χ4v) is 3.87. The number of carbonyl (C=O) groups is 1. The van der Waals surface area contributed by atoms with E-state index in [9.17, 15) is 17.6 Å². The van der Waals surface area contributed by atoms with Gasteiger partial charge in [0.1, 0.15) is 5.82 Å². The molecule has 0 fully saturated rings. The monoisotopic (exact) mass is 369 g/mol. The molecule has 3 aromatic carbocycles. The minimum atomic E-state index is -4.14. The van der Waals surface area contributed by atoms with Gasteiger partial charge in [-0.2, -0.15) is 4.31 Å². The van der Waals surface area contributed by atoms with E-state index < -0.39 is 21.7 Å². The van der Waals surface area contributed by atoms with Gasteiger partial charge in [-0.1, -0.05) is 35.9 Å². The van der Waals surface area contributed by atoms with Crippen molar-refractivity contribution in [2.45, 2.75) is 11.8 Å². The molecule has 3 aromatic rings. The van der Waals surface area contributed by atoms with E-state index in [1.54, 1.807) is 30.3 Å². The van der Waals surface area contributed by atoms with Crippen LogP contribution in [0.3, 0.4) is 0 Å². The number of carbonyl (C=O) groups excluding carboxylic acids is 1. The van der Waals surface area contributed by atoms with Gasteiger partial charge in [-0.25, -0.2) is 12.8 Å². The van der Waals surface area contributed by atoms with Gasteiger partial charge in [0.25, 0.3) is 15.9 Å². The number of rotatable bonds is 4. The zero-order chi connectivity index (χ0) is 18.7. The Morgan fingerprint density at radius 3 is 2.00 bits per heavy atom. The van der Waals surface area contributed by atoms with Crippen molar-refractivity contribution in [3.63, 3.8) is 0 Å². The number of nitrogens with zero attached hydrogens (tertiary/aromatic N) is 1. The van der Waals surface area contributed by atoms with Crippen molar-refractivity contribution in [2.75, 3.05) is 4.31 Å². The van der Waals surface area contributed by atoms with Gasteiger partial charge in [0.15, 0.2) is 0 Å². The molecule has 1 amide bonds. The molecule has 0 bridgehead atoms. The van der Waals surface area contributed by atoms with Crippen LogP contribution in [0.2, 0.25) is 0 Å². The molecule has 0 atom stereocenters. The quantitative estimate of drug-likeness (QED) is 0.694. The van der Waals surface area contributed by atoms with Crippen molar-refractivity contribution in [1.29, 1.82) is 0 Å². The summed E-state index contributed by atoms with van der Waals surface area (Å²) in [6, 6.07) is 19.1. The third-order valence-electron chi connectivity index (χ3n) is 3.83. The molecule has 26 heavy (non-hydrogen) atoms. The number of halogens is 1. The molecule has 0 N–H and O–H groups in total.